The van der Waals surface area contributed by atoms with Crippen molar-refractivity contribution in [2.24, 2.45) is 0 Å². The number of hydrogen-bond donors (Lipinski definition) is 5. The third kappa shape index (κ3) is 17.9. The summed E-state index contributed by atoms with van der Waals surface area (Å²) in [7, 11) is 0. The van der Waals surface area contributed by atoms with E-state index in [1.807, 2.05) is 6.92 Å². The van der Waals surface area contributed by atoms with Gasteiger partial charge in [-0.2, -0.15) is 0 Å². The minimum atomic E-state index is -0.465. The quantitative estimate of drug-likeness (QED) is 0.0670. The first-order valence-corrected chi connectivity index (χ1v) is 14.5. The molecule has 5 N–H and O–H groups in total. The summed E-state index contributed by atoms with van der Waals surface area (Å²) < 4.78 is 0. The molecule has 0 aliphatic rings. The maximum Gasteiger partial charge on any atom is 0.320 e. The summed E-state index contributed by atoms with van der Waals surface area (Å²) >= 11 is 0. The summed E-state index contributed by atoms with van der Waals surface area (Å²) in [6.45, 7) is 4.80. The summed E-state index contributed by atoms with van der Waals surface area (Å²) in [6, 6.07) is 5.52. The van der Waals surface area contributed by atoms with Crippen LogP contribution in [0.4, 0.5) is 15.3 Å². The van der Waals surface area contributed by atoms with Crippen molar-refractivity contribution in [3.8, 4) is 5.75 Å². The molecule has 1 unspecified atom stereocenters. The van der Waals surface area contributed by atoms with Crippen LogP contribution in [0.15, 0.2) is 24.3 Å². The highest BCUT2D eigenvalue weighted by atomic mass is 16.3. The van der Waals surface area contributed by atoms with E-state index in [0.717, 1.165) is 12.8 Å². The van der Waals surface area contributed by atoms with Crippen LogP contribution in [0, 0.1) is 0 Å². The van der Waals surface area contributed by atoms with Gasteiger partial charge in [0.25, 0.3) is 0 Å². The maximum atomic E-state index is 12.1. The molecule has 206 valence electrons. The van der Waals surface area contributed by atoms with E-state index >= 15 is 0 Å². The van der Waals surface area contributed by atoms with E-state index < -0.39 is 12.2 Å². The third-order valence-corrected chi connectivity index (χ3v) is 6.46. The average Bonchev–Trinajstić information content (AvgIpc) is 2.86. The third-order valence-electron chi connectivity index (χ3n) is 6.46. The van der Waals surface area contributed by atoms with Gasteiger partial charge in [-0.3, -0.25) is 0 Å². The number of unbranched alkanes of at least 4 members (excludes halogenated alkanes) is 15. The number of urea groups is 2. The highest BCUT2D eigenvalue weighted by Crippen LogP contribution is 2.14. The van der Waals surface area contributed by atoms with Crippen LogP contribution >= 0.6 is 0 Å². The van der Waals surface area contributed by atoms with Gasteiger partial charge < -0.3 is 26.4 Å². The van der Waals surface area contributed by atoms with Gasteiger partial charge in [-0.1, -0.05) is 110 Å². The Morgan fingerprint density at radius 1 is 0.667 bits per heavy atom. The molecule has 7 nitrogen and oxygen atoms in total. The molecule has 0 aliphatic carbocycles. The molecular formula is C29H52N4O3. The molecule has 0 heterocycles. The fourth-order valence-electron chi connectivity index (χ4n) is 4.19. The van der Waals surface area contributed by atoms with Crippen molar-refractivity contribution in [2.75, 3.05) is 11.9 Å². The Balaban J connectivity index is 1.93. The molecular weight excluding hydrogens is 452 g/mol. The van der Waals surface area contributed by atoms with Crippen LogP contribution < -0.4 is 21.3 Å². The SMILES string of the molecule is CCCCCCCCCCCCCCCCCCNC(=O)NC(CC)NC(=O)Nc1ccc(O)cc1. The number of phenols is 1. The number of carbonyl (C=O) groups is 2. The van der Waals surface area contributed by atoms with Crippen molar-refractivity contribution < 1.29 is 14.7 Å². The zero-order chi connectivity index (χ0) is 26.3. The number of amides is 4. The number of aromatic hydroxyl groups is 1. The zero-order valence-electron chi connectivity index (χ0n) is 22.9. The molecule has 0 radical (unpaired) electrons. The van der Waals surface area contributed by atoms with Gasteiger partial charge in [0.05, 0.1) is 0 Å². The number of benzene rings is 1. The van der Waals surface area contributed by atoms with Crippen molar-refractivity contribution in [1.29, 1.82) is 0 Å². The number of phenolic OH excluding ortho intramolecular Hbond substituents is 1. The number of rotatable bonds is 21. The highest BCUT2D eigenvalue weighted by Gasteiger charge is 2.13. The lowest BCUT2D eigenvalue weighted by atomic mass is 10.0. The summed E-state index contributed by atoms with van der Waals surface area (Å²) in [5, 5.41) is 20.4. The Morgan fingerprint density at radius 2 is 1.11 bits per heavy atom. The minimum absolute atomic E-state index is 0.134. The molecule has 1 aromatic carbocycles. The van der Waals surface area contributed by atoms with E-state index in [2.05, 4.69) is 28.2 Å². The average molecular weight is 505 g/mol. The normalized spacial score (nSPS) is 11.6. The highest BCUT2D eigenvalue weighted by molar-refractivity contribution is 5.89. The Kier molecular flexibility index (Phi) is 19.1. The van der Waals surface area contributed by atoms with Crippen molar-refractivity contribution >= 4 is 17.7 Å². The lowest BCUT2D eigenvalue weighted by Crippen LogP contribution is -2.51. The first-order chi connectivity index (χ1) is 17.5. The van der Waals surface area contributed by atoms with Gasteiger partial charge in [-0.15, -0.1) is 0 Å². The lowest BCUT2D eigenvalue weighted by Gasteiger charge is -2.19. The van der Waals surface area contributed by atoms with Gasteiger partial charge in [-0.25, -0.2) is 9.59 Å². The molecule has 1 atom stereocenters. The van der Waals surface area contributed by atoms with Crippen LogP contribution in [0.25, 0.3) is 0 Å². The summed E-state index contributed by atoms with van der Waals surface area (Å²) in [5.74, 6) is 0.134. The zero-order valence-corrected chi connectivity index (χ0v) is 22.9. The number of nitrogens with one attached hydrogen (secondary N) is 4. The van der Waals surface area contributed by atoms with Crippen LogP contribution in [-0.4, -0.2) is 29.9 Å². The Labute approximate surface area is 219 Å². The molecule has 4 amide bonds. The first-order valence-electron chi connectivity index (χ1n) is 14.5. The smallest absolute Gasteiger partial charge is 0.320 e. The van der Waals surface area contributed by atoms with Crippen molar-refractivity contribution in [3.05, 3.63) is 24.3 Å². The van der Waals surface area contributed by atoms with Gasteiger partial charge in [0.1, 0.15) is 11.9 Å². The van der Waals surface area contributed by atoms with Gasteiger partial charge in [0, 0.05) is 12.2 Å². The standard InChI is InChI=1S/C29H52N4O3/c1-3-5-6-7-8-9-10-11-12-13-14-15-16-17-18-19-24-30-28(35)32-27(4-2)33-29(36)31-25-20-22-26(34)23-21-25/h20-23,27,34H,3-19,24H2,1-2H3,(H2,30,32,35)(H2,31,33,36). The number of carbonyl (C=O) groups excluding carboxylic acids is 2. The van der Waals surface area contributed by atoms with Crippen molar-refractivity contribution in [3.63, 3.8) is 0 Å². The number of hydrogen-bond acceptors (Lipinski definition) is 3. The van der Waals surface area contributed by atoms with E-state index in [-0.39, 0.29) is 11.8 Å². The molecule has 0 aliphatic heterocycles. The van der Waals surface area contributed by atoms with Crippen molar-refractivity contribution in [2.45, 2.75) is 129 Å². The van der Waals surface area contributed by atoms with Crippen LogP contribution in [0.2, 0.25) is 0 Å². The van der Waals surface area contributed by atoms with E-state index in [1.54, 1.807) is 12.1 Å². The molecule has 1 aromatic rings. The van der Waals surface area contributed by atoms with E-state index in [9.17, 15) is 14.7 Å². The molecule has 0 bridgehead atoms. The van der Waals surface area contributed by atoms with Crippen LogP contribution in [0.3, 0.4) is 0 Å². The van der Waals surface area contributed by atoms with E-state index in [4.69, 9.17) is 0 Å². The molecule has 7 heteroatoms. The fraction of sp³-hybridized carbons (Fsp3) is 0.724. The van der Waals surface area contributed by atoms with Crippen LogP contribution in [-0.2, 0) is 0 Å². The van der Waals surface area contributed by atoms with E-state index in [0.29, 0.717) is 18.7 Å². The molecule has 0 saturated carbocycles. The molecule has 1 rings (SSSR count). The monoisotopic (exact) mass is 504 g/mol. The summed E-state index contributed by atoms with van der Waals surface area (Å²) in [6.07, 6.45) is 21.4. The Hall–Kier alpha value is -2.44. The Bertz CT molecular complexity index is 682. The van der Waals surface area contributed by atoms with Gasteiger partial charge in [0.15, 0.2) is 0 Å². The molecule has 0 saturated heterocycles. The minimum Gasteiger partial charge on any atom is -0.508 e. The Morgan fingerprint density at radius 3 is 1.58 bits per heavy atom. The molecule has 0 spiro atoms. The second kappa shape index (κ2) is 21.8. The largest absolute Gasteiger partial charge is 0.508 e. The fourth-order valence-corrected chi connectivity index (χ4v) is 4.19. The first kappa shape index (κ1) is 31.6. The molecule has 0 aromatic heterocycles. The molecule has 36 heavy (non-hydrogen) atoms. The second-order valence-corrected chi connectivity index (χ2v) is 9.81. The number of anilines is 1. The topological polar surface area (TPSA) is 102 Å². The maximum absolute atomic E-state index is 12.1. The van der Waals surface area contributed by atoms with Gasteiger partial charge in [0.2, 0.25) is 0 Å². The molecule has 0 fully saturated rings. The van der Waals surface area contributed by atoms with Crippen molar-refractivity contribution in [1.82, 2.24) is 16.0 Å². The van der Waals surface area contributed by atoms with Gasteiger partial charge >= 0.3 is 12.1 Å². The van der Waals surface area contributed by atoms with Crippen LogP contribution in [0.1, 0.15) is 123 Å². The lowest BCUT2D eigenvalue weighted by molar-refractivity contribution is 0.229. The summed E-state index contributed by atoms with van der Waals surface area (Å²) in [4.78, 5) is 24.2. The van der Waals surface area contributed by atoms with Gasteiger partial charge in [-0.05, 0) is 37.1 Å². The second-order valence-electron chi connectivity index (χ2n) is 9.81. The van der Waals surface area contributed by atoms with Crippen LogP contribution in [0.5, 0.6) is 5.75 Å². The predicted octanol–water partition coefficient (Wildman–Crippen LogP) is 7.81. The predicted molar refractivity (Wildman–Crippen MR) is 150 cm³/mol. The summed E-state index contributed by atoms with van der Waals surface area (Å²) in [5.41, 5.74) is 0.563. The van der Waals surface area contributed by atoms with E-state index in [1.165, 1.54) is 102 Å².